The first-order chi connectivity index (χ1) is 12.1. The summed E-state index contributed by atoms with van der Waals surface area (Å²) in [6, 6.07) is 8.25. The molecule has 1 radical (unpaired) electrons. The highest BCUT2D eigenvalue weighted by molar-refractivity contribution is 7.00. The second-order valence-corrected chi connectivity index (χ2v) is 16.2. The van der Waals surface area contributed by atoms with Gasteiger partial charge in [-0.1, -0.05) is 30.4 Å². The third kappa shape index (κ3) is 2.38. The standard InChI is InChI=1S/C21H24NO2Si2/c1-13-18-12-17(21(22)23)19(20(13)26(4,5)24-25(18,2)3)16-11-7-9-14-8-6-10-15(14)16/h6-7,9-12,22H,8H2,1-5H3. The van der Waals surface area contributed by atoms with Crippen molar-refractivity contribution >= 4 is 39.0 Å². The van der Waals surface area contributed by atoms with Gasteiger partial charge in [0.15, 0.2) is 0 Å². The van der Waals surface area contributed by atoms with Crippen molar-refractivity contribution in [3.05, 3.63) is 52.6 Å². The van der Waals surface area contributed by atoms with Crippen molar-refractivity contribution in [1.29, 1.82) is 0 Å². The molecule has 1 aliphatic heterocycles. The van der Waals surface area contributed by atoms with Crippen LogP contribution in [0.25, 0.3) is 17.2 Å². The van der Waals surface area contributed by atoms with Crippen LogP contribution in [0.3, 0.4) is 0 Å². The van der Waals surface area contributed by atoms with E-state index in [0.29, 0.717) is 5.56 Å². The van der Waals surface area contributed by atoms with Crippen molar-refractivity contribution in [2.45, 2.75) is 39.5 Å². The molecule has 2 aliphatic rings. The van der Waals surface area contributed by atoms with E-state index in [1.54, 1.807) is 0 Å². The number of fused-ring (bicyclic) bond motifs is 3. The van der Waals surface area contributed by atoms with Crippen molar-refractivity contribution < 1.29 is 8.91 Å². The van der Waals surface area contributed by atoms with Gasteiger partial charge >= 0.3 is 0 Å². The van der Waals surface area contributed by atoms with E-state index in [0.717, 1.165) is 17.5 Å². The number of rotatable bonds is 2. The summed E-state index contributed by atoms with van der Waals surface area (Å²) in [4.78, 5) is 12.4. The molecule has 2 aromatic carbocycles. The smallest absolute Gasteiger partial charge is 0.270 e. The molecule has 26 heavy (non-hydrogen) atoms. The molecular formula is C21H24NO2Si2. The van der Waals surface area contributed by atoms with Crippen molar-refractivity contribution in [2.24, 2.45) is 0 Å². The maximum absolute atomic E-state index is 12.4. The van der Waals surface area contributed by atoms with Crippen LogP contribution in [-0.2, 0) is 10.5 Å². The third-order valence-electron chi connectivity index (χ3n) is 5.68. The lowest BCUT2D eigenvalue weighted by Gasteiger charge is -2.43. The first-order valence-electron chi connectivity index (χ1n) is 9.07. The van der Waals surface area contributed by atoms with Crippen LogP contribution in [0.15, 0.2) is 30.3 Å². The molecule has 1 aliphatic carbocycles. The molecule has 1 N–H and O–H groups in total. The number of benzene rings is 2. The van der Waals surface area contributed by atoms with E-state index in [9.17, 15) is 4.79 Å². The Morgan fingerprint density at radius 1 is 1.15 bits per heavy atom. The fraction of sp³-hybridized carbons (Fsp3) is 0.286. The van der Waals surface area contributed by atoms with Gasteiger partial charge in [-0.3, -0.25) is 10.5 Å². The molecule has 0 saturated carbocycles. The van der Waals surface area contributed by atoms with Crippen molar-refractivity contribution in [2.75, 3.05) is 0 Å². The van der Waals surface area contributed by atoms with E-state index in [2.05, 4.69) is 63.5 Å². The van der Waals surface area contributed by atoms with Crippen LogP contribution < -0.4 is 16.1 Å². The van der Waals surface area contributed by atoms with Crippen molar-refractivity contribution in [3.63, 3.8) is 0 Å². The summed E-state index contributed by atoms with van der Waals surface area (Å²) < 4.78 is 6.72. The van der Waals surface area contributed by atoms with Crippen LogP contribution in [0.4, 0.5) is 0 Å². The fourth-order valence-corrected chi connectivity index (χ4v) is 14.4. The predicted molar refractivity (Wildman–Crippen MR) is 112 cm³/mol. The molecule has 4 rings (SSSR count). The zero-order valence-corrected chi connectivity index (χ0v) is 18.0. The molecule has 2 bridgehead atoms. The topological polar surface area (TPSA) is 50.1 Å². The van der Waals surface area contributed by atoms with Crippen LogP contribution in [0.2, 0.25) is 26.2 Å². The zero-order chi connectivity index (χ0) is 18.9. The molecular weight excluding hydrogens is 354 g/mol. The molecule has 0 saturated heterocycles. The molecule has 0 aromatic heterocycles. The van der Waals surface area contributed by atoms with E-state index in [1.807, 2.05) is 6.07 Å². The molecule has 0 atom stereocenters. The quantitative estimate of drug-likeness (QED) is 0.751. The predicted octanol–water partition coefficient (Wildman–Crippen LogP) is 3.51. The van der Waals surface area contributed by atoms with E-state index in [1.165, 1.54) is 27.1 Å². The Morgan fingerprint density at radius 3 is 2.58 bits per heavy atom. The van der Waals surface area contributed by atoms with Gasteiger partial charge in [0.2, 0.25) is 16.6 Å². The molecule has 1 amide bonds. The van der Waals surface area contributed by atoms with Crippen LogP contribution in [0.1, 0.15) is 27.0 Å². The van der Waals surface area contributed by atoms with Gasteiger partial charge in [0.1, 0.15) is 0 Å². The molecule has 0 fully saturated rings. The van der Waals surface area contributed by atoms with Gasteiger partial charge in [0.05, 0.1) is 0 Å². The van der Waals surface area contributed by atoms with E-state index in [4.69, 9.17) is 9.85 Å². The normalized spacial score (nSPS) is 18.7. The van der Waals surface area contributed by atoms with Crippen LogP contribution in [-0.4, -0.2) is 22.5 Å². The zero-order valence-electron chi connectivity index (χ0n) is 16.0. The molecule has 0 spiro atoms. The largest absolute Gasteiger partial charge is 0.449 e. The minimum Gasteiger partial charge on any atom is -0.449 e. The molecule has 133 valence electrons. The van der Waals surface area contributed by atoms with Gasteiger partial charge in [0, 0.05) is 5.56 Å². The number of carbonyl (C=O) groups excluding carboxylic acids is 1. The summed E-state index contributed by atoms with van der Waals surface area (Å²) in [6.45, 7) is 11.0. The number of hydrogen-bond donors (Lipinski definition) is 0. The minimum atomic E-state index is -2.19. The number of hydrogen-bond acceptors (Lipinski definition) is 2. The lowest BCUT2D eigenvalue weighted by atomic mass is 9.91. The minimum absolute atomic E-state index is 0.541. The highest BCUT2D eigenvalue weighted by Crippen LogP contribution is 2.36. The Bertz CT molecular complexity index is 990. The lowest BCUT2D eigenvalue weighted by Crippen LogP contribution is -2.66. The van der Waals surface area contributed by atoms with Gasteiger partial charge in [0.25, 0.3) is 5.91 Å². The Morgan fingerprint density at radius 2 is 1.88 bits per heavy atom. The summed E-state index contributed by atoms with van der Waals surface area (Å²) in [5, 5.41) is 2.37. The summed E-state index contributed by atoms with van der Waals surface area (Å²) in [7, 11) is -4.26. The second-order valence-electron chi connectivity index (χ2n) is 8.28. The summed E-state index contributed by atoms with van der Waals surface area (Å²) in [6.07, 6.45) is 5.24. The van der Waals surface area contributed by atoms with Gasteiger partial charge < -0.3 is 4.12 Å². The van der Waals surface area contributed by atoms with E-state index >= 15 is 0 Å². The van der Waals surface area contributed by atoms with Gasteiger partial charge in [-0.15, -0.1) is 0 Å². The van der Waals surface area contributed by atoms with Crippen LogP contribution >= 0.6 is 0 Å². The van der Waals surface area contributed by atoms with Crippen molar-refractivity contribution in [3.8, 4) is 11.1 Å². The highest BCUT2D eigenvalue weighted by atomic mass is 28.4. The highest BCUT2D eigenvalue weighted by Gasteiger charge is 2.46. The van der Waals surface area contributed by atoms with Gasteiger partial charge in [-0.2, -0.15) is 0 Å². The molecule has 5 heteroatoms. The number of amides is 1. The lowest BCUT2D eigenvalue weighted by molar-refractivity contribution is 0.0993. The number of allylic oxidation sites excluding steroid dienone is 1. The third-order valence-corrected chi connectivity index (χ3v) is 13.4. The first kappa shape index (κ1) is 17.5. The van der Waals surface area contributed by atoms with Crippen LogP contribution in [0, 0.1) is 6.92 Å². The Kier molecular flexibility index (Phi) is 3.71. The number of carbonyl (C=O) groups is 1. The SMILES string of the molecule is Cc1c2cc(C([NH])=O)c(-c3cccc4c3C=CC4)c1[Si](C)(C)O[Si]2(C)C. The Balaban J connectivity index is 2.16. The maximum Gasteiger partial charge on any atom is 0.270 e. The van der Waals surface area contributed by atoms with E-state index in [-0.39, 0.29) is 0 Å². The molecule has 1 heterocycles. The number of nitrogens with one attached hydrogen (secondary N) is 1. The summed E-state index contributed by atoms with van der Waals surface area (Å²) in [5.74, 6) is -0.599. The van der Waals surface area contributed by atoms with E-state index < -0.39 is 22.5 Å². The van der Waals surface area contributed by atoms with Gasteiger partial charge in [-0.05, 0) is 83.8 Å². The first-order valence-corrected chi connectivity index (χ1v) is 14.9. The second kappa shape index (κ2) is 5.52. The molecule has 3 nitrogen and oxygen atoms in total. The summed E-state index contributed by atoms with van der Waals surface area (Å²) in [5.41, 5.74) is 14.3. The van der Waals surface area contributed by atoms with Crippen LogP contribution in [0.5, 0.6) is 0 Å². The Hall–Kier alpha value is -1.96. The molecule has 2 aromatic rings. The van der Waals surface area contributed by atoms with Gasteiger partial charge in [-0.25, -0.2) is 0 Å². The summed E-state index contributed by atoms with van der Waals surface area (Å²) >= 11 is 0. The molecule has 0 unspecified atom stereocenters. The Labute approximate surface area is 157 Å². The fourth-order valence-electron chi connectivity index (χ4n) is 4.87. The average Bonchev–Trinajstić information content (AvgIpc) is 2.99. The monoisotopic (exact) mass is 378 g/mol. The van der Waals surface area contributed by atoms with Crippen molar-refractivity contribution in [1.82, 2.24) is 5.73 Å². The maximum atomic E-state index is 12.4. The average molecular weight is 379 g/mol.